The van der Waals surface area contributed by atoms with Crippen LogP contribution in [0.5, 0.6) is 0 Å². The number of amides is 1. The molecule has 1 aromatic rings. The van der Waals surface area contributed by atoms with E-state index in [1.165, 1.54) is 19.1 Å². The van der Waals surface area contributed by atoms with Crippen molar-refractivity contribution in [2.75, 3.05) is 6.54 Å². The van der Waals surface area contributed by atoms with Gasteiger partial charge in [0.1, 0.15) is 18.4 Å². The molecule has 2 atom stereocenters. The maximum absolute atomic E-state index is 13.9. The second-order valence-electron chi connectivity index (χ2n) is 5.56. The van der Waals surface area contributed by atoms with E-state index in [1.54, 1.807) is 19.9 Å². The van der Waals surface area contributed by atoms with Gasteiger partial charge in [-0.05, 0) is 31.0 Å². The molecule has 25 heavy (non-hydrogen) atoms. The van der Waals surface area contributed by atoms with Crippen molar-refractivity contribution in [1.82, 2.24) is 5.32 Å². The molecule has 1 rings (SSSR count). The van der Waals surface area contributed by atoms with Crippen LogP contribution in [0.3, 0.4) is 0 Å². The van der Waals surface area contributed by atoms with Crippen molar-refractivity contribution in [3.63, 3.8) is 0 Å². The summed E-state index contributed by atoms with van der Waals surface area (Å²) < 4.78 is 51.0. The predicted octanol–water partition coefficient (Wildman–Crippen LogP) is 3.98. The number of hydrogen-bond donors (Lipinski definition) is 1. The lowest BCUT2D eigenvalue weighted by Crippen LogP contribution is -2.32. The molecular formula is C17H19F4N3O. The van der Waals surface area contributed by atoms with E-state index in [0.29, 0.717) is 17.7 Å². The van der Waals surface area contributed by atoms with Crippen molar-refractivity contribution in [2.24, 2.45) is 4.99 Å². The highest BCUT2D eigenvalue weighted by molar-refractivity contribution is 5.96. The third-order valence-electron chi connectivity index (χ3n) is 3.60. The Kier molecular flexibility index (Phi) is 7.09. The van der Waals surface area contributed by atoms with Gasteiger partial charge in [0.25, 0.3) is 5.91 Å². The molecule has 0 spiro atoms. The average molecular weight is 357 g/mol. The van der Waals surface area contributed by atoms with Gasteiger partial charge in [0.05, 0.1) is 11.6 Å². The van der Waals surface area contributed by atoms with Gasteiger partial charge in [-0.2, -0.15) is 18.4 Å². The van der Waals surface area contributed by atoms with Crippen LogP contribution >= 0.6 is 0 Å². The molecule has 8 heteroatoms. The van der Waals surface area contributed by atoms with Crippen LogP contribution in [0.15, 0.2) is 23.2 Å². The smallest absolute Gasteiger partial charge is 0.336 e. The molecule has 0 aromatic heterocycles. The number of carbonyl (C=O) groups excluding carboxylic acids is 1. The molecule has 2 unspecified atom stereocenters. The van der Waals surface area contributed by atoms with Crippen molar-refractivity contribution >= 4 is 11.6 Å². The highest BCUT2D eigenvalue weighted by Gasteiger charge is 2.27. The Morgan fingerprint density at radius 2 is 2.00 bits per heavy atom. The van der Waals surface area contributed by atoms with Gasteiger partial charge in [0, 0.05) is 11.6 Å². The highest BCUT2D eigenvalue weighted by atomic mass is 19.4. The standard InChI is InChI=1S/C17H19F4N3O/c1-4-15(23-9-17(19,20)21)11(3)12-5-6-14(18)13(7-12)16(25)24-10(2)8-22/h5-7,10-11H,4,9H2,1-3H3,(H,24,25). The fourth-order valence-corrected chi connectivity index (χ4v) is 2.23. The van der Waals surface area contributed by atoms with E-state index in [4.69, 9.17) is 5.26 Å². The van der Waals surface area contributed by atoms with Gasteiger partial charge in [-0.1, -0.05) is 19.9 Å². The van der Waals surface area contributed by atoms with Crippen molar-refractivity contribution in [2.45, 2.75) is 45.3 Å². The van der Waals surface area contributed by atoms with E-state index in [0.717, 1.165) is 6.07 Å². The number of nitrogens with one attached hydrogen (secondary N) is 1. The van der Waals surface area contributed by atoms with Crippen LogP contribution in [0.4, 0.5) is 17.6 Å². The molecule has 0 radical (unpaired) electrons. The number of hydrogen-bond acceptors (Lipinski definition) is 3. The largest absolute Gasteiger partial charge is 0.407 e. The molecule has 1 N–H and O–H groups in total. The molecule has 0 heterocycles. The first-order chi connectivity index (χ1) is 11.6. The summed E-state index contributed by atoms with van der Waals surface area (Å²) >= 11 is 0. The summed E-state index contributed by atoms with van der Waals surface area (Å²) in [5.74, 6) is -2.04. The fourth-order valence-electron chi connectivity index (χ4n) is 2.23. The Morgan fingerprint density at radius 1 is 1.36 bits per heavy atom. The summed E-state index contributed by atoms with van der Waals surface area (Å²) in [6.07, 6.45) is -4.11. The SMILES string of the molecule is CCC(=NCC(F)(F)F)C(C)c1ccc(F)c(C(=O)NC(C)C#N)c1. The zero-order chi connectivity index (χ0) is 19.2. The normalized spacial score (nSPS) is 14.6. The van der Waals surface area contributed by atoms with Gasteiger partial charge in [-0.15, -0.1) is 0 Å². The summed E-state index contributed by atoms with van der Waals surface area (Å²) in [6.45, 7) is 3.49. The molecule has 1 amide bonds. The van der Waals surface area contributed by atoms with Gasteiger partial charge in [0.15, 0.2) is 0 Å². The predicted molar refractivity (Wildman–Crippen MR) is 86.0 cm³/mol. The van der Waals surface area contributed by atoms with E-state index in [2.05, 4.69) is 10.3 Å². The Hall–Kier alpha value is -2.43. The zero-order valence-corrected chi connectivity index (χ0v) is 14.1. The van der Waals surface area contributed by atoms with E-state index in [-0.39, 0.29) is 5.56 Å². The second-order valence-corrected chi connectivity index (χ2v) is 5.56. The minimum Gasteiger partial charge on any atom is -0.336 e. The fraction of sp³-hybridized carbons (Fsp3) is 0.471. The van der Waals surface area contributed by atoms with Crippen LogP contribution in [-0.2, 0) is 0 Å². The summed E-state index contributed by atoms with van der Waals surface area (Å²) in [4.78, 5) is 15.6. The average Bonchev–Trinajstić information content (AvgIpc) is 2.54. The van der Waals surface area contributed by atoms with Crippen LogP contribution in [0, 0.1) is 17.1 Å². The number of halogens is 4. The summed E-state index contributed by atoms with van der Waals surface area (Å²) in [5, 5.41) is 11.0. The number of rotatable bonds is 6. The lowest BCUT2D eigenvalue weighted by atomic mass is 9.92. The minimum atomic E-state index is -4.40. The van der Waals surface area contributed by atoms with E-state index >= 15 is 0 Å². The van der Waals surface area contributed by atoms with Crippen molar-refractivity contribution in [3.8, 4) is 6.07 Å². The molecule has 1 aromatic carbocycles. The van der Waals surface area contributed by atoms with Crippen LogP contribution in [-0.4, -0.2) is 30.4 Å². The lowest BCUT2D eigenvalue weighted by molar-refractivity contribution is -0.118. The molecule has 0 aliphatic heterocycles. The zero-order valence-electron chi connectivity index (χ0n) is 14.1. The number of alkyl halides is 3. The van der Waals surface area contributed by atoms with Gasteiger partial charge in [-0.25, -0.2) is 4.39 Å². The number of carbonyl (C=O) groups is 1. The van der Waals surface area contributed by atoms with Crippen molar-refractivity contribution < 1.29 is 22.4 Å². The Morgan fingerprint density at radius 3 is 2.52 bits per heavy atom. The third kappa shape index (κ3) is 6.18. The van der Waals surface area contributed by atoms with Crippen molar-refractivity contribution in [3.05, 3.63) is 35.1 Å². The first kappa shape index (κ1) is 20.6. The van der Waals surface area contributed by atoms with Gasteiger partial charge >= 0.3 is 6.18 Å². The quantitative estimate of drug-likeness (QED) is 0.618. The monoisotopic (exact) mass is 357 g/mol. The van der Waals surface area contributed by atoms with Crippen molar-refractivity contribution in [1.29, 1.82) is 5.26 Å². The number of benzene rings is 1. The topological polar surface area (TPSA) is 65.2 Å². The van der Waals surface area contributed by atoms with Crippen LogP contribution in [0.25, 0.3) is 0 Å². The molecule has 0 saturated heterocycles. The Balaban J connectivity index is 3.11. The molecule has 0 bridgehead atoms. The second kappa shape index (κ2) is 8.60. The molecule has 4 nitrogen and oxygen atoms in total. The molecule has 136 valence electrons. The maximum Gasteiger partial charge on any atom is 0.407 e. The van der Waals surface area contributed by atoms with Crippen LogP contribution < -0.4 is 5.32 Å². The Bertz CT molecular complexity index is 692. The lowest BCUT2D eigenvalue weighted by Gasteiger charge is -2.16. The van der Waals surface area contributed by atoms with Gasteiger partial charge < -0.3 is 5.32 Å². The van der Waals surface area contributed by atoms with Gasteiger partial charge in [-0.3, -0.25) is 9.79 Å². The van der Waals surface area contributed by atoms with Crippen LogP contribution in [0.2, 0.25) is 0 Å². The van der Waals surface area contributed by atoms with E-state index < -0.39 is 36.4 Å². The minimum absolute atomic E-state index is 0.266. The van der Waals surface area contributed by atoms with Gasteiger partial charge in [0.2, 0.25) is 0 Å². The summed E-state index contributed by atoms with van der Waals surface area (Å²) in [6, 6.07) is 4.76. The van der Waals surface area contributed by atoms with E-state index in [9.17, 15) is 22.4 Å². The molecular weight excluding hydrogens is 338 g/mol. The summed E-state index contributed by atoms with van der Waals surface area (Å²) in [5.41, 5.74) is 0.511. The summed E-state index contributed by atoms with van der Waals surface area (Å²) in [7, 11) is 0. The Labute approximate surface area is 143 Å². The number of nitriles is 1. The molecule has 0 saturated carbocycles. The maximum atomic E-state index is 13.9. The van der Waals surface area contributed by atoms with E-state index in [1.807, 2.05) is 0 Å². The molecule has 0 aliphatic carbocycles. The molecule has 0 fully saturated rings. The first-order valence-corrected chi connectivity index (χ1v) is 7.69. The highest BCUT2D eigenvalue weighted by Crippen LogP contribution is 2.23. The number of nitrogens with zero attached hydrogens (tertiary/aromatic N) is 2. The van der Waals surface area contributed by atoms with Crippen LogP contribution in [0.1, 0.15) is 49.0 Å². The number of aliphatic imine (C=N–C) groups is 1. The third-order valence-corrected chi connectivity index (χ3v) is 3.60. The first-order valence-electron chi connectivity index (χ1n) is 7.69. The molecule has 0 aliphatic rings.